The van der Waals surface area contributed by atoms with Gasteiger partial charge in [0.15, 0.2) is 11.5 Å². The zero-order valence-corrected chi connectivity index (χ0v) is 11.9. The monoisotopic (exact) mass is 278 g/mol. The quantitative estimate of drug-likeness (QED) is 0.726. The lowest BCUT2D eigenvalue weighted by atomic mass is 10.0. The first kappa shape index (κ1) is 14.7. The number of rotatable bonds is 3. The van der Waals surface area contributed by atoms with Gasteiger partial charge in [0.25, 0.3) is 0 Å². The number of benzene rings is 1. The van der Waals surface area contributed by atoms with Gasteiger partial charge >= 0.3 is 0 Å². The first-order valence-electron chi connectivity index (χ1n) is 6.95. The van der Waals surface area contributed by atoms with Crippen molar-refractivity contribution in [2.75, 3.05) is 6.54 Å². The van der Waals surface area contributed by atoms with Crippen molar-refractivity contribution in [3.05, 3.63) is 23.8 Å². The Labute approximate surface area is 119 Å². The Hall–Kier alpha value is -1.75. The van der Waals surface area contributed by atoms with Crippen molar-refractivity contribution in [1.82, 2.24) is 4.90 Å². The molecule has 1 heterocycles. The van der Waals surface area contributed by atoms with E-state index < -0.39 is 6.04 Å². The van der Waals surface area contributed by atoms with Gasteiger partial charge in [0.1, 0.15) is 0 Å². The molecule has 0 aliphatic carbocycles. The summed E-state index contributed by atoms with van der Waals surface area (Å²) >= 11 is 0. The third-order valence-electron chi connectivity index (χ3n) is 3.88. The summed E-state index contributed by atoms with van der Waals surface area (Å²) in [6.07, 6.45) is 1.36. The lowest BCUT2D eigenvalue weighted by Crippen LogP contribution is -2.46. The molecule has 0 radical (unpaired) electrons. The average Bonchev–Trinajstić information content (AvgIpc) is 2.72. The van der Waals surface area contributed by atoms with Crippen molar-refractivity contribution >= 4 is 5.91 Å². The lowest BCUT2D eigenvalue weighted by Gasteiger charge is -2.25. The van der Waals surface area contributed by atoms with Crippen LogP contribution in [0.5, 0.6) is 11.5 Å². The summed E-state index contributed by atoms with van der Waals surface area (Å²) in [6, 6.07) is 4.13. The van der Waals surface area contributed by atoms with Crippen LogP contribution in [0, 0.1) is 5.92 Å². The maximum atomic E-state index is 12.3. The minimum absolute atomic E-state index is 0.0468. The Morgan fingerprint density at radius 2 is 2.10 bits per heavy atom. The topological polar surface area (TPSA) is 86.8 Å². The number of aromatic hydroxyl groups is 2. The summed E-state index contributed by atoms with van der Waals surface area (Å²) in [5, 5.41) is 18.7. The highest BCUT2D eigenvalue weighted by atomic mass is 16.3. The van der Waals surface area contributed by atoms with Crippen LogP contribution >= 0.6 is 0 Å². The summed E-state index contributed by atoms with van der Waals surface area (Å²) in [6.45, 7) is 4.93. The van der Waals surface area contributed by atoms with E-state index in [1.807, 2.05) is 11.8 Å². The molecule has 1 fully saturated rings. The molecule has 1 aliphatic heterocycles. The Morgan fingerprint density at radius 3 is 2.65 bits per heavy atom. The molecule has 2 rings (SSSR count). The van der Waals surface area contributed by atoms with Crippen LogP contribution in [0.1, 0.15) is 25.8 Å². The van der Waals surface area contributed by atoms with Gasteiger partial charge in [-0.25, -0.2) is 0 Å². The molecule has 110 valence electrons. The van der Waals surface area contributed by atoms with Crippen molar-refractivity contribution in [3.8, 4) is 11.5 Å². The van der Waals surface area contributed by atoms with Crippen LogP contribution in [0.3, 0.4) is 0 Å². The van der Waals surface area contributed by atoms with Crippen molar-refractivity contribution in [3.63, 3.8) is 0 Å². The van der Waals surface area contributed by atoms with Crippen molar-refractivity contribution in [2.45, 2.75) is 38.8 Å². The lowest BCUT2D eigenvalue weighted by molar-refractivity contribution is -0.133. The number of phenolic OH excluding ortho intramolecular Hbond substituents is 2. The first-order valence-corrected chi connectivity index (χ1v) is 6.95. The van der Waals surface area contributed by atoms with E-state index >= 15 is 0 Å². The molecule has 0 aromatic heterocycles. The van der Waals surface area contributed by atoms with Crippen molar-refractivity contribution < 1.29 is 15.0 Å². The molecular formula is C15H22N2O3. The zero-order valence-electron chi connectivity index (χ0n) is 11.9. The second-order valence-electron chi connectivity index (χ2n) is 5.81. The van der Waals surface area contributed by atoms with Gasteiger partial charge in [-0.15, -0.1) is 0 Å². The highest BCUT2D eigenvalue weighted by Crippen LogP contribution is 2.26. The molecule has 1 aromatic rings. The SMILES string of the molecule is CC1CC(C)N(C(=O)[C@@H](N)Cc2ccc(O)c(O)c2)C1. The highest BCUT2D eigenvalue weighted by molar-refractivity contribution is 5.82. The molecule has 4 N–H and O–H groups in total. The van der Waals surface area contributed by atoms with Crippen molar-refractivity contribution in [1.29, 1.82) is 0 Å². The molecule has 0 spiro atoms. The molecule has 5 nitrogen and oxygen atoms in total. The fourth-order valence-electron chi connectivity index (χ4n) is 2.86. The average molecular weight is 278 g/mol. The predicted octanol–water partition coefficient (Wildman–Crippen LogP) is 1.22. The Bertz CT molecular complexity index is 504. The fraction of sp³-hybridized carbons (Fsp3) is 0.533. The van der Waals surface area contributed by atoms with E-state index in [-0.39, 0.29) is 23.4 Å². The molecule has 1 saturated heterocycles. The standard InChI is InChI=1S/C15H22N2O3/c1-9-5-10(2)17(8-9)15(20)12(16)6-11-3-4-13(18)14(19)7-11/h3-4,7,9-10,12,18-19H,5-6,8,16H2,1-2H3/t9?,10?,12-/m0/s1. The summed E-state index contributed by atoms with van der Waals surface area (Å²) < 4.78 is 0. The summed E-state index contributed by atoms with van der Waals surface area (Å²) in [5.74, 6) is 0.106. The number of likely N-dealkylation sites (tertiary alicyclic amines) is 1. The van der Waals surface area contributed by atoms with Crippen LogP contribution in [0.15, 0.2) is 18.2 Å². The number of hydrogen-bond acceptors (Lipinski definition) is 4. The third kappa shape index (κ3) is 3.04. The normalized spacial score (nSPS) is 23.9. The molecule has 1 amide bonds. The first-order chi connectivity index (χ1) is 9.38. The number of hydrogen-bond donors (Lipinski definition) is 3. The zero-order chi connectivity index (χ0) is 14.9. The Morgan fingerprint density at radius 1 is 1.40 bits per heavy atom. The maximum Gasteiger partial charge on any atom is 0.240 e. The predicted molar refractivity (Wildman–Crippen MR) is 76.4 cm³/mol. The number of nitrogens with two attached hydrogens (primary N) is 1. The van der Waals surface area contributed by atoms with Gasteiger partial charge in [0, 0.05) is 12.6 Å². The van der Waals surface area contributed by atoms with Crippen LogP contribution in [-0.2, 0) is 11.2 Å². The maximum absolute atomic E-state index is 12.3. The molecule has 5 heteroatoms. The highest BCUT2D eigenvalue weighted by Gasteiger charge is 2.32. The number of nitrogens with zero attached hydrogens (tertiary/aromatic N) is 1. The van der Waals surface area contributed by atoms with Crippen molar-refractivity contribution in [2.24, 2.45) is 11.7 Å². The van der Waals surface area contributed by atoms with Gasteiger partial charge in [-0.1, -0.05) is 13.0 Å². The molecule has 0 bridgehead atoms. The largest absolute Gasteiger partial charge is 0.504 e. The number of phenols is 2. The van der Waals surface area contributed by atoms with E-state index in [4.69, 9.17) is 5.73 Å². The molecular weight excluding hydrogens is 256 g/mol. The summed E-state index contributed by atoms with van der Waals surface area (Å²) in [7, 11) is 0. The van der Waals surface area contributed by atoms with E-state index in [1.165, 1.54) is 12.1 Å². The fourth-order valence-corrected chi connectivity index (χ4v) is 2.86. The van der Waals surface area contributed by atoms with Crippen LogP contribution in [0.4, 0.5) is 0 Å². The van der Waals surface area contributed by atoms with Crippen LogP contribution in [-0.4, -0.2) is 39.6 Å². The van der Waals surface area contributed by atoms with Gasteiger partial charge in [-0.2, -0.15) is 0 Å². The minimum atomic E-state index is -0.619. The summed E-state index contributed by atoms with van der Waals surface area (Å²) in [5.41, 5.74) is 6.73. The van der Waals surface area contributed by atoms with E-state index in [9.17, 15) is 15.0 Å². The van der Waals surface area contributed by atoms with Crippen LogP contribution in [0.2, 0.25) is 0 Å². The van der Waals surface area contributed by atoms with Gasteiger partial charge in [0.2, 0.25) is 5.91 Å². The molecule has 3 atom stereocenters. The number of carbonyl (C=O) groups excluding carboxylic acids is 1. The second kappa shape index (κ2) is 5.71. The van der Waals surface area contributed by atoms with E-state index in [0.717, 1.165) is 18.5 Å². The second-order valence-corrected chi connectivity index (χ2v) is 5.81. The molecule has 1 aliphatic rings. The third-order valence-corrected chi connectivity index (χ3v) is 3.88. The van der Waals surface area contributed by atoms with Gasteiger partial charge in [-0.05, 0) is 43.4 Å². The number of carbonyl (C=O) groups is 1. The minimum Gasteiger partial charge on any atom is -0.504 e. The Kier molecular flexibility index (Phi) is 4.18. The summed E-state index contributed by atoms with van der Waals surface area (Å²) in [4.78, 5) is 14.2. The van der Waals surface area contributed by atoms with Gasteiger partial charge < -0.3 is 20.8 Å². The Balaban J connectivity index is 2.02. The molecule has 20 heavy (non-hydrogen) atoms. The smallest absolute Gasteiger partial charge is 0.240 e. The van der Waals surface area contributed by atoms with Crippen LogP contribution in [0.25, 0.3) is 0 Å². The van der Waals surface area contributed by atoms with E-state index in [1.54, 1.807) is 6.07 Å². The van der Waals surface area contributed by atoms with Gasteiger partial charge in [0.05, 0.1) is 6.04 Å². The van der Waals surface area contributed by atoms with Gasteiger partial charge in [-0.3, -0.25) is 4.79 Å². The molecule has 2 unspecified atom stereocenters. The number of amides is 1. The van der Waals surface area contributed by atoms with E-state index in [0.29, 0.717) is 12.3 Å². The van der Waals surface area contributed by atoms with E-state index in [2.05, 4.69) is 6.92 Å². The van der Waals surface area contributed by atoms with Crippen LogP contribution < -0.4 is 5.73 Å². The molecule has 1 aromatic carbocycles. The molecule has 0 saturated carbocycles.